The molecular formula is C18H13FN4O2S. The van der Waals surface area contributed by atoms with Crippen LogP contribution in [-0.4, -0.2) is 23.0 Å². The highest BCUT2D eigenvalue weighted by molar-refractivity contribution is 7.92. The monoisotopic (exact) mass is 368 g/mol. The van der Waals surface area contributed by atoms with Crippen LogP contribution in [-0.2, 0) is 10.0 Å². The molecule has 0 radical (unpaired) electrons. The average molecular weight is 368 g/mol. The molecule has 0 aliphatic carbocycles. The Bertz CT molecular complexity index is 1190. The van der Waals surface area contributed by atoms with Crippen LogP contribution in [0.5, 0.6) is 0 Å². The summed E-state index contributed by atoms with van der Waals surface area (Å²) in [5.74, 6) is 0.105. The quantitative estimate of drug-likeness (QED) is 0.599. The fraction of sp³-hybridized carbons (Fsp3) is 0. The zero-order chi connectivity index (χ0) is 18.1. The molecule has 4 aromatic rings. The minimum atomic E-state index is -3.82. The van der Waals surface area contributed by atoms with Crippen molar-refractivity contribution >= 4 is 21.4 Å². The maximum absolute atomic E-state index is 13.0. The van der Waals surface area contributed by atoms with Crippen LogP contribution < -0.4 is 4.72 Å². The molecule has 0 aliphatic heterocycles. The van der Waals surface area contributed by atoms with E-state index in [4.69, 9.17) is 0 Å². The van der Waals surface area contributed by atoms with Crippen LogP contribution in [0.3, 0.4) is 0 Å². The van der Waals surface area contributed by atoms with Gasteiger partial charge < -0.3 is 0 Å². The normalized spacial score (nSPS) is 11.6. The number of pyridine rings is 1. The number of nitrogens with one attached hydrogen (secondary N) is 1. The molecule has 8 heteroatoms. The van der Waals surface area contributed by atoms with E-state index in [0.717, 1.165) is 12.1 Å². The number of aromatic nitrogens is 3. The summed E-state index contributed by atoms with van der Waals surface area (Å²) in [6, 6.07) is 17.0. The molecule has 0 amide bonds. The third kappa shape index (κ3) is 3.02. The van der Waals surface area contributed by atoms with Gasteiger partial charge in [-0.05, 0) is 48.5 Å². The summed E-state index contributed by atoms with van der Waals surface area (Å²) in [5.41, 5.74) is 1.78. The van der Waals surface area contributed by atoms with E-state index < -0.39 is 15.8 Å². The Hall–Kier alpha value is -3.26. The summed E-state index contributed by atoms with van der Waals surface area (Å²) < 4.78 is 42.2. The van der Waals surface area contributed by atoms with Crippen LogP contribution in [0.1, 0.15) is 0 Å². The number of hydrogen-bond acceptors (Lipinski definition) is 4. The Morgan fingerprint density at radius 1 is 0.923 bits per heavy atom. The lowest BCUT2D eigenvalue weighted by Crippen LogP contribution is -2.13. The third-order valence-corrected chi connectivity index (χ3v) is 5.21. The first kappa shape index (κ1) is 16.2. The van der Waals surface area contributed by atoms with E-state index in [2.05, 4.69) is 14.9 Å². The molecule has 1 N–H and O–H groups in total. The first-order valence-corrected chi connectivity index (χ1v) is 9.20. The van der Waals surface area contributed by atoms with Gasteiger partial charge in [0.15, 0.2) is 11.5 Å². The van der Waals surface area contributed by atoms with Crippen molar-refractivity contribution in [3.8, 4) is 11.4 Å². The second kappa shape index (κ2) is 6.23. The number of anilines is 1. The van der Waals surface area contributed by atoms with Crippen molar-refractivity contribution < 1.29 is 12.8 Å². The molecule has 26 heavy (non-hydrogen) atoms. The predicted octanol–water partition coefficient (Wildman–Crippen LogP) is 3.34. The Morgan fingerprint density at radius 2 is 1.73 bits per heavy atom. The van der Waals surface area contributed by atoms with Crippen molar-refractivity contribution in [2.24, 2.45) is 0 Å². The average Bonchev–Trinajstić information content (AvgIpc) is 3.06. The fourth-order valence-electron chi connectivity index (χ4n) is 2.59. The molecule has 0 fully saturated rings. The Kier molecular flexibility index (Phi) is 3.89. The Balaban J connectivity index is 1.69. The lowest BCUT2D eigenvalue weighted by molar-refractivity contribution is 0.599. The number of fused-ring (bicyclic) bond motifs is 1. The highest BCUT2D eigenvalue weighted by Gasteiger charge is 2.15. The minimum Gasteiger partial charge on any atom is -0.282 e. The van der Waals surface area contributed by atoms with Crippen molar-refractivity contribution in [1.29, 1.82) is 0 Å². The number of nitrogens with zero attached hydrogens (tertiary/aromatic N) is 3. The highest BCUT2D eigenvalue weighted by atomic mass is 32.2. The number of halogens is 1. The molecule has 2 heterocycles. The van der Waals surface area contributed by atoms with E-state index in [9.17, 15) is 12.8 Å². The lowest BCUT2D eigenvalue weighted by Gasteiger charge is -2.09. The summed E-state index contributed by atoms with van der Waals surface area (Å²) in [4.78, 5) is -0.0165. The molecule has 0 saturated carbocycles. The molecule has 0 unspecified atom stereocenters. The molecule has 2 aromatic carbocycles. The van der Waals surface area contributed by atoms with E-state index in [1.165, 1.54) is 12.1 Å². The number of hydrogen-bond donors (Lipinski definition) is 1. The van der Waals surface area contributed by atoms with E-state index >= 15 is 0 Å². The molecule has 4 rings (SSSR count). The van der Waals surface area contributed by atoms with Gasteiger partial charge in [-0.25, -0.2) is 12.8 Å². The van der Waals surface area contributed by atoms with Gasteiger partial charge in [-0.1, -0.05) is 18.2 Å². The Labute approximate surface area is 149 Å². The van der Waals surface area contributed by atoms with E-state index in [1.54, 1.807) is 18.2 Å². The summed E-state index contributed by atoms with van der Waals surface area (Å²) in [7, 11) is -3.82. The predicted molar refractivity (Wildman–Crippen MR) is 95.6 cm³/mol. The molecule has 0 bridgehead atoms. The summed E-state index contributed by atoms with van der Waals surface area (Å²) in [6.45, 7) is 0. The first-order chi connectivity index (χ1) is 12.5. The van der Waals surface area contributed by atoms with Crippen molar-refractivity contribution in [2.75, 3.05) is 4.72 Å². The molecule has 0 spiro atoms. The van der Waals surface area contributed by atoms with Crippen molar-refractivity contribution in [1.82, 2.24) is 14.6 Å². The van der Waals surface area contributed by atoms with Crippen molar-refractivity contribution in [3.63, 3.8) is 0 Å². The zero-order valence-corrected chi connectivity index (χ0v) is 14.2. The zero-order valence-electron chi connectivity index (χ0n) is 13.4. The van der Waals surface area contributed by atoms with Crippen LogP contribution in [0.15, 0.2) is 77.8 Å². The number of rotatable bonds is 4. The second-order valence-electron chi connectivity index (χ2n) is 5.59. The van der Waals surface area contributed by atoms with Gasteiger partial charge >= 0.3 is 0 Å². The number of sulfonamides is 1. The van der Waals surface area contributed by atoms with Gasteiger partial charge in [0.1, 0.15) is 5.82 Å². The van der Waals surface area contributed by atoms with Gasteiger partial charge in [0.2, 0.25) is 0 Å². The molecule has 0 aliphatic rings. The van der Waals surface area contributed by atoms with Crippen molar-refractivity contribution in [3.05, 3.63) is 78.7 Å². The maximum atomic E-state index is 13.0. The van der Waals surface area contributed by atoms with Gasteiger partial charge in [-0.2, -0.15) is 0 Å². The van der Waals surface area contributed by atoms with Gasteiger partial charge in [0.25, 0.3) is 10.0 Å². The third-order valence-electron chi connectivity index (χ3n) is 3.81. The molecule has 0 saturated heterocycles. The molecule has 6 nitrogen and oxygen atoms in total. The lowest BCUT2D eigenvalue weighted by atomic mass is 10.2. The molecule has 0 atom stereocenters. The van der Waals surface area contributed by atoms with E-state index in [1.807, 2.05) is 34.9 Å². The SMILES string of the molecule is O=S(=O)(Nc1cccc(-c2nnc3ccccn23)c1)c1ccc(F)cc1. The fourth-order valence-corrected chi connectivity index (χ4v) is 3.64. The van der Waals surface area contributed by atoms with Crippen LogP contribution in [0.25, 0.3) is 17.0 Å². The minimum absolute atomic E-state index is 0.0165. The first-order valence-electron chi connectivity index (χ1n) is 7.71. The van der Waals surface area contributed by atoms with Gasteiger partial charge in [-0.15, -0.1) is 10.2 Å². The smallest absolute Gasteiger partial charge is 0.261 e. The summed E-state index contributed by atoms with van der Waals surface area (Å²) >= 11 is 0. The standard InChI is InChI=1S/C18H13FN4O2S/c19-14-7-9-16(10-8-14)26(24,25)22-15-5-3-4-13(12-15)18-21-20-17-6-1-2-11-23(17)18/h1-12,22H. The van der Waals surface area contributed by atoms with Crippen LogP contribution in [0.2, 0.25) is 0 Å². The number of benzene rings is 2. The molecule has 2 aromatic heterocycles. The Morgan fingerprint density at radius 3 is 2.54 bits per heavy atom. The van der Waals surface area contributed by atoms with Crippen LogP contribution >= 0.6 is 0 Å². The summed E-state index contributed by atoms with van der Waals surface area (Å²) in [5, 5.41) is 8.26. The van der Waals surface area contributed by atoms with E-state index in [-0.39, 0.29) is 4.90 Å². The summed E-state index contributed by atoms with van der Waals surface area (Å²) in [6.07, 6.45) is 1.83. The maximum Gasteiger partial charge on any atom is 0.261 e. The van der Waals surface area contributed by atoms with Gasteiger partial charge in [0.05, 0.1) is 4.90 Å². The largest absolute Gasteiger partial charge is 0.282 e. The van der Waals surface area contributed by atoms with Gasteiger partial charge in [-0.3, -0.25) is 9.12 Å². The van der Waals surface area contributed by atoms with Crippen LogP contribution in [0, 0.1) is 5.82 Å². The van der Waals surface area contributed by atoms with E-state index in [0.29, 0.717) is 22.7 Å². The second-order valence-corrected chi connectivity index (χ2v) is 7.28. The molecule has 130 valence electrons. The topological polar surface area (TPSA) is 76.4 Å². The van der Waals surface area contributed by atoms with Crippen LogP contribution in [0.4, 0.5) is 10.1 Å². The molecular weight excluding hydrogens is 355 g/mol. The van der Waals surface area contributed by atoms with Gasteiger partial charge in [0, 0.05) is 17.4 Å². The van der Waals surface area contributed by atoms with Crippen molar-refractivity contribution in [2.45, 2.75) is 4.90 Å². The highest BCUT2D eigenvalue weighted by Crippen LogP contribution is 2.23.